The fraction of sp³-hybridized carbons (Fsp3) is 0.462. The van der Waals surface area contributed by atoms with E-state index in [1.54, 1.807) is 11.8 Å². The fourth-order valence-corrected chi connectivity index (χ4v) is 1.89. The molecule has 0 radical (unpaired) electrons. The van der Waals surface area contributed by atoms with Gasteiger partial charge in [0.2, 0.25) is 5.91 Å². The monoisotopic (exact) mass is 237 g/mol. The number of hydrogen-bond acceptors (Lipinski definition) is 2. The molecule has 0 aliphatic carbocycles. The average molecular weight is 237 g/mol. The van der Waals surface area contributed by atoms with Crippen LogP contribution in [0.3, 0.4) is 0 Å². The highest BCUT2D eigenvalue weighted by molar-refractivity contribution is 7.99. The second-order valence-corrected chi connectivity index (χ2v) is 4.79. The van der Waals surface area contributed by atoms with E-state index in [9.17, 15) is 4.79 Å². The molecular formula is C13H19NOS. The molecule has 2 nitrogen and oxygen atoms in total. The number of thioether (sulfide) groups is 1. The molecule has 1 amide bonds. The Labute approximate surface area is 102 Å². The van der Waals surface area contributed by atoms with Gasteiger partial charge in [0.05, 0.1) is 5.75 Å². The minimum Gasteiger partial charge on any atom is -0.353 e. The van der Waals surface area contributed by atoms with E-state index in [4.69, 9.17) is 0 Å². The lowest BCUT2D eigenvalue weighted by molar-refractivity contribution is -0.119. The van der Waals surface area contributed by atoms with Crippen molar-refractivity contribution in [1.29, 1.82) is 0 Å². The maximum atomic E-state index is 11.3. The molecule has 0 aliphatic rings. The van der Waals surface area contributed by atoms with Gasteiger partial charge in [0.15, 0.2) is 0 Å². The number of hydrogen-bond donors (Lipinski definition) is 1. The van der Waals surface area contributed by atoms with E-state index in [2.05, 4.69) is 24.4 Å². The molecule has 0 heterocycles. The highest BCUT2D eigenvalue weighted by Gasteiger charge is 2.06. The zero-order valence-corrected chi connectivity index (χ0v) is 10.7. The lowest BCUT2D eigenvalue weighted by Gasteiger charge is -2.13. The van der Waals surface area contributed by atoms with Gasteiger partial charge >= 0.3 is 0 Å². The largest absolute Gasteiger partial charge is 0.353 e. The molecule has 1 aromatic rings. The van der Waals surface area contributed by atoms with Crippen molar-refractivity contribution >= 4 is 17.7 Å². The molecule has 1 atom stereocenters. The Bertz CT molecular complexity index is 313. The third-order valence-corrected chi connectivity index (χ3v) is 2.94. The first-order chi connectivity index (χ1) is 7.72. The van der Waals surface area contributed by atoms with Gasteiger partial charge in [0.1, 0.15) is 0 Å². The van der Waals surface area contributed by atoms with Crippen molar-refractivity contribution in [3.8, 4) is 0 Å². The van der Waals surface area contributed by atoms with Crippen LogP contribution in [0.4, 0.5) is 0 Å². The summed E-state index contributed by atoms with van der Waals surface area (Å²) in [6.07, 6.45) is 3.94. The zero-order valence-electron chi connectivity index (χ0n) is 9.90. The van der Waals surface area contributed by atoms with Crippen LogP contribution in [0.15, 0.2) is 30.3 Å². The van der Waals surface area contributed by atoms with Crippen molar-refractivity contribution < 1.29 is 4.79 Å². The zero-order chi connectivity index (χ0) is 11.8. The topological polar surface area (TPSA) is 29.1 Å². The number of amides is 1. The number of carbonyl (C=O) groups is 1. The van der Waals surface area contributed by atoms with Crippen molar-refractivity contribution in [2.45, 2.75) is 25.8 Å². The molecular weight excluding hydrogens is 218 g/mol. The second kappa shape index (κ2) is 7.34. The highest BCUT2D eigenvalue weighted by Crippen LogP contribution is 2.04. The van der Waals surface area contributed by atoms with E-state index in [-0.39, 0.29) is 11.9 Å². The number of benzene rings is 1. The van der Waals surface area contributed by atoms with Crippen LogP contribution in [0.25, 0.3) is 0 Å². The van der Waals surface area contributed by atoms with E-state index < -0.39 is 0 Å². The Balaban J connectivity index is 2.25. The quantitative estimate of drug-likeness (QED) is 0.823. The summed E-state index contributed by atoms with van der Waals surface area (Å²) in [7, 11) is 0. The lowest BCUT2D eigenvalue weighted by Crippen LogP contribution is -2.34. The summed E-state index contributed by atoms with van der Waals surface area (Å²) in [5.74, 6) is 0.684. The van der Waals surface area contributed by atoms with Crippen LogP contribution >= 0.6 is 11.8 Å². The van der Waals surface area contributed by atoms with Crippen LogP contribution in [0.5, 0.6) is 0 Å². The molecule has 0 aliphatic heterocycles. The molecule has 1 unspecified atom stereocenters. The Morgan fingerprint density at radius 3 is 2.69 bits per heavy atom. The van der Waals surface area contributed by atoms with Gasteiger partial charge < -0.3 is 5.32 Å². The van der Waals surface area contributed by atoms with Gasteiger partial charge in [-0.25, -0.2) is 0 Å². The molecule has 0 saturated heterocycles. The first kappa shape index (κ1) is 13.1. The van der Waals surface area contributed by atoms with E-state index in [0.717, 1.165) is 12.8 Å². The molecule has 1 aromatic carbocycles. The van der Waals surface area contributed by atoms with Gasteiger partial charge in [-0.1, -0.05) is 30.3 Å². The first-order valence-corrected chi connectivity index (χ1v) is 6.94. The van der Waals surface area contributed by atoms with Crippen LogP contribution < -0.4 is 5.32 Å². The van der Waals surface area contributed by atoms with Crippen LogP contribution in [-0.2, 0) is 11.2 Å². The molecule has 88 valence electrons. The summed E-state index contributed by atoms with van der Waals surface area (Å²) in [5, 5.41) is 2.99. The van der Waals surface area contributed by atoms with Gasteiger partial charge in [-0.15, -0.1) is 0 Å². The van der Waals surface area contributed by atoms with E-state index in [1.807, 2.05) is 24.5 Å². The van der Waals surface area contributed by atoms with Crippen LogP contribution in [0, 0.1) is 0 Å². The molecule has 0 fully saturated rings. The third kappa shape index (κ3) is 5.21. The highest BCUT2D eigenvalue weighted by atomic mass is 32.2. The number of carbonyl (C=O) groups excluding carboxylic acids is 1. The minimum atomic E-state index is 0.132. The first-order valence-electron chi connectivity index (χ1n) is 5.54. The average Bonchev–Trinajstić information content (AvgIpc) is 2.28. The maximum absolute atomic E-state index is 11.3. The van der Waals surface area contributed by atoms with Crippen LogP contribution in [0.1, 0.15) is 18.9 Å². The smallest absolute Gasteiger partial charge is 0.230 e. The maximum Gasteiger partial charge on any atom is 0.230 e. The Morgan fingerprint density at radius 1 is 1.38 bits per heavy atom. The van der Waals surface area contributed by atoms with E-state index >= 15 is 0 Å². The second-order valence-electron chi connectivity index (χ2n) is 3.93. The normalized spacial score (nSPS) is 12.1. The van der Waals surface area contributed by atoms with Crippen LogP contribution in [-0.4, -0.2) is 24.0 Å². The summed E-state index contributed by atoms with van der Waals surface area (Å²) in [4.78, 5) is 11.3. The standard InChI is InChI=1S/C13H19NOS/c1-11(14-13(15)10-16-2)8-9-12-6-4-3-5-7-12/h3-7,11H,8-10H2,1-2H3,(H,14,15). The summed E-state index contributed by atoms with van der Waals surface area (Å²) in [6.45, 7) is 2.06. The summed E-state index contributed by atoms with van der Waals surface area (Å²) in [6, 6.07) is 10.6. The summed E-state index contributed by atoms with van der Waals surface area (Å²) in [5.41, 5.74) is 1.33. The number of rotatable bonds is 6. The van der Waals surface area contributed by atoms with Gasteiger partial charge in [-0.2, -0.15) is 11.8 Å². The van der Waals surface area contributed by atoms with Crippen molar-refractivity contribution in [1.82, 2.24) is 5.32 Å². The van der Waals surface area contributed by atoms with Crippen molar-refractivity contribution in [2.24, 2.45) is 0 Å². The predicted molar refractivity (Wildman–Crippen MR) is 70.7 cm³/mol. The molecule has 0 bridgehead atoms. The van der Waals surface area contributed by atoms with Crippen molar-refractivity contribution in [2.75, 3.05) is 12.0 Å². The summed E-state index contributed by atoms with van der Waals surface area (Å²) >= 11 is 1.55. The molecule has 1 rings (SSSR count). The molecule has 0 saturated carbocycles. The van der Waals surface area contributed by atoms with E-state index in [0.29, 0.717) is 5.75 Å². The molecule has 0 spiro atoms. The summed E-state index contributed by atoms with van der Waals surface area (Å²) < 4.78 is 0. The fourth-order valence-electron chi connectivity index (χ4n) is 1.55. The van der Waals surface area contributed by atoms with Gasteiger partial charge in [-0.3, -0.25) is 4.79 Å². The Morgan fingerprint density at radius 2 is 2.06 bits per heavy atom. The SMILES string of the molecule is CSCC(=O)NC(C)CCc1ccccc1. The predicted octanol–water partition coefficient (Wildman–Crippen LogP) is 2.49. The van der Waals surface area contributed by atoms with Gasteiger partial charge in [-0.05, 0) is 31.6 Å². The number of nitrogens with one attached hydrogen (secondary N) is 1. The molecule has 3 heteroatoms. The van der Waals surface area contributed by atoms with Gasteiger partial charge in [0, 0.05) is 6.04 Å². The lowest BCUT2D eigenvalue weighted by atomic mass is 10.1. The third-order valence-electron chi connectivity index (χ3n) is 2.39. The van der Waals surface area contributed by atoms with Crippen molar-refractivity contribution in [3.63, 3.8) is 0 Å². The Hall–Kier alpha value is -0.960. The van der Waals surface area contributed by atoms with Gasteiger partial charge in [0.25, 0.3) is 0 Å². The molecule has 1 N–H and O–H groups in total. The number of aryl methyl sites for hydroxylation is 1. The van der Waals surface area contributed by atoms with E-state index in [1.165, 1.54) is 5.56 Å². The van der Waals surface area contributed by atoms with Crippen molar-refractivity contribution in [3.05, 3.63) is 35.9 Å². The molecule has 0 aromatic heterocycles. The van der Waals surface area contributed by atoms with Crippen LogP contribution in [0.2, 0.25) is 0 Å². The Kier molecular flexibility index (Phi) is 6.01. The molecule has 16 heavy (non-hydrogen) atoms. The minimum absolute atomic E-state index is 0.132.